The maximum atomic E-state index is 12.0. The number of amides is 1. The Kier molecular flexibility index (Phi) is 4.47. The summed E-state index contributed by atoms with van der Waals surface area (Å²) >= 11 is 0. The fraction of sp³-hybridized carbons (Fsp3) is 0.833. The predicted molar refractivity (Wildman–Crippen MR) is 63.1 cm³/mol. The van der Waals surface area contributed by atoms with Gasteiger partial charge >= 0.3 is 0 Å². The number of likely N-dealkylation sites (tertiary alicyclic amines) is 1. The highest BCUT2D eigenvalue weighted by Gasteiger charge is 2.36. The summed E-state index contributed by atoms with van der Waals surface area (Å²) in [4.78, 5) is 25.3. The van der Waals surface area contributed by atoms with Gasteiger partial charge in [-0.2, -0.15) is 0 Å². The van der Waals surface area contributed by atoms with E-state index in [0.29, 0.717) is 12.5 Å². The van der Waals surface area contributed by atoms with Gasteiger partial charge in [-0.1, -0.05) is 13.8 Å². The SMILES string of the molecule is CN[C@H]1CCN([C@@H](CC(C)C)C(C)=O)C1=O. The van der Waals surface area contributed by atoms with E-state index in [9.17, 15) is 9.59 Å². The molecule has 0 aliphatic carbocycles. The van der Waals surface area contributed by atoms with Gasteiger partial charge in [-0.05, 0) is 32.7 Å². The van der Waals surface area contributed by atoms with Crippen LogP contribution in [-0.2, 0) is 9.59 Å². The van der Waals surface area contributed by atoms with Crippen LogP contribution in [-0.4, -0.2) is 42.3 Å². The van der Waals surface area contributed by atoms with Crippen molar-refractivity contribution in [3.63, 3.8) is 0 Å². The number of carbonyl (C=O) groups excluding carboxylic acids is 2. The van der Waals surface area contributed by atoms with Gasteiger partial charge in [0.2, 0.25) is 5.91 Å². The third-order valence-electron chi connectivity index (χ3n) is 3.13. The van der Waals surface area contributed by atoms with Gasteiger partial charge in [-0.15, -0.1) is 0 Å². The van der Waals surface area contributed by atoms with Crippen LogP contribution < -0.4 is 5.32 Å². The Labute approximate surface area is 97.4 Å². The molecule has 0 aromatic rings. The van der Waals surface area contributed by atoms with Crippen molar-refractivity contribution in [1.82, 2.24) is 10.2 Å². The highest BCUT2D eigenvalue weighted by molar-refractivity contribution is 5.91. The molecule has 1 aliphatic rings. The molecular formula is C12H22N2O2. The zero-order valence-electron chi connectivity index (χ0n) is 10.6. The van der Waals surface area contributed by atoms with E-state index in [-0.39, 0.29) is 23.8 Å². The van der Waals surface area contributed by atoms with Crippen molar-refractivity contribution in [3.8, 4) is 0 Å². The molecule has 4 nitrogen and oxygen atoms in total. The van der Waals surface area contributed by atoms with Gasteiger partial charge in [0.05, 0.1) is 12.1 Å². The summed E-state index contributed by atoms with van der Waals surface area (Å²) in [5.41, 5.74) is 0. The third-order valence-corrected chi connectivity index (χ3v) is 3.13. The van der Waals surface area contributed by atoms with Crippen molar-refractivity contribution in [2.75, 3.05) is 13.6 Å². The van der Waals surface area contributed by atoms with Crippen LogP contribution in [0.5, 0.6) is 0 Å². The summed E-state index contributed by atoms with van der Waals surface area (Å²) in [6.07, 6.45) is 1.56. The van der Waals surface area contributed by atoms with E-state index >= 15 is 0 Å². The molecule has 1 rings (SSSR count). The number of nitrogens with zero attached hydrogens (tertiary/aromatic N) is 1. The molecule has 16 heavy (non-hydrogen) atoms. The number of rotatable bonds is 5. The van der Waals surface area contributed by atoms with Gasteiger partial charge in [0.1, 0.15) is 0 Å². The van der Waals surface area contributed by atoms with Gasteiger partial charge in [0, 0.05) is 6.54 Å². The maximum absolute atomic E-state index is 12.0. The van der Waals surface area contributed by atoms with E-state index < -0.39 is 0 Å². The van der Waals surface area contributed by atoms with Crippen molar-refractivity contribution in [2.45, 2.75) is 45.7 Å². The number of likely N-dealkylation sites (N-methyl/N-ethyl adjacent to an activating group) is 1. The second kappa shape index (κ2) is 5.43. The first kappa shape index (κ1) is 13.2. The van der Waals surface area contributed by atoms with Gasteiger partial charge in [-0.3, -0.25) is 9.59 Å². The van der Waals surface area contributed by atoms with Gasteiger partial charge < -0.3 is 10.2 Å². The molecule has 4 heteroatoms. The molecular weight excluding hydrogens is 204 g/mol. The molecule has 0 bridgehead atoms. The van der Waals surface area contributed by atoms with Crippen LogP contribution in [0.1, 0.15) is 33.6 Å². The average molecular weight is 226 g/mol. The van der Waals surface area contributed by atoms with Crippen molar-refractivity contribution in [1.29, 1.82) is 0 Å². The summed E-state index contributed by atoms with van der Waals surface area (Å²) in [5, 5.41) is 2.99. The van der Waals surface area contributed by atoms with E-state index in [4.69, 9.17) is 0 Å². The maximum Gasteiger partial charge on any atom is 0.240 e. The lowest BCUT2D eigenvalue weighted by atomic mass is 10.00. The molecule has 0 saturated carbocycles. The molecule has 0 radical (unpaired) electrons. The Balaban J connectivity index is 2.73. The number of carbonyl (C=O) groups is 2. The van der Waals surface area contributed by atoms with Crippen molar-refractivity contribution < 1.29 is 9.59 Å². The van der Waals surface area contributed by atoms with Gasteiger partial charge in [0.25, 0.3) is 0 Å². The minimum absolute atomic E-state index is 0.0725. The van der Waals surface area contributed by atoms with Crippen LogP contribution in [0.2, 0.25) is 0 Å². The summed E-state index contributed by atoms with van der Waals surface area (Å²) in [5.74, 6) is 0.595. The van der Waals surface area contributed by atoms with E-state index in [1.54, 1.807) is 18.9 Å². The van der Waals surface area contributed by atoms with Crippen molar-refractivity contribution >= 4 is 11.7 Å². The molecule has 1 saturated heterocycles. The topological polar surface area (TPSA) is 49.4 Å². The molecule has 0 aromatic heterocycles. The van der Waals surface area contributed by atoms with Crippen LogP contribution in [0, 0.1) is 5.92 Å². The highest BCUT2D eigenvalue weighted by Crippen LogP contribution is 2.20. The lowest BCUT2D eigenvalue weighted by Crippen LogP contribution is -2.45. The van der Waals surface area contributed by atoms with Crippen molar-refractivity contribution in [3.05, 3.63) is 0 Å². The first-order chi connectivity index (χ1) is 7.47. The zero-order chi connectivity index (χ0) is 12.3. The summed E-state index contributed by atoms with van der Waals surface area (Å²) < 4.78 is 0. The monoisotopic (exact) mass is 226 g/mol. The molecule has 0 unspecified atom stereocenters. The van der Waals surface area contributed by atoms with Crippen LogP contribution in [0.25, 0.3) is 0 Å². The Morgan fingerprint density at radius 2 is 2.19 bits per heavy atom. The molecule has 1 aliphatic heterocycles. The largest absolute Gasteiger partial charge is 0.331 e. The fourth-order valence-electron chi connectivity index (χ4n) is 2.24. The first-order valence-electron chi connectivity index (χ1n) is 5.95. The summed E-state index contributed by atoms with van der Waals surface area (Å²) in [6.45, 7) is 6.42. The molecule has 1 fully saturated rings. The quantitative estimate of drug-likeness (QED) is 0.754. The van der Waals surface area contributed by atoms with E-state index in [1.807, 2.05) is 0 Å². The molecule has 2 atom stereocenters. The average Bonchev–Trinajstić information content (AvgIpc) is 2.55. The normalized spacial score (nSPS) is 22.9. The lowest BCUT2D eigenvalue weighted by molar-refractivity contribution is -0.137. The second-order valence-corrected chi connectivity index (χ2v) is 4.92. The van der Waals surface area contributed by atoms with Crippen LogP contribution in [0.3, 0.4) is 0 Å². The third kappa shape index (κ3) is 2.82. The van der Waals surface area contributed by atoms with Crippen LogP contribution in [0.15, 0.2) is 0 Å². The van der Waals surface area contributed by atoms with Crippen LogP contribution >= 0.6 is 0 Å². The van der Waals surface area contributed by atoms with Gasteiger partial charge in [-0.25, -0.2) is 0 Å². The summed E-state index contributed by atoms with van der Waals surface area (Å²) in [6, 6.07) is -0.333. The number of ketones is 1. The molecule has 92 valence electrons. The Bertz CT molecular complexity index is 276. The minimum Gasteiger partial charge on any atom is -0.331 e. The highest BCUT2D eigenvalue weighted by atomic mass is 16.2. The predicted octanol–water partition coefficient (Wildman–Crippen LogP) is 0.810. The Morgan fingerprint density at radius 1 is 1.56 bits per heavy atom. The molecule has 1 N–H and O–H groups in total. The Morgan fingerprint density at radius 3 is 2.56 bits per heavy atom. The lowest BCUT2D eigenvalue weighted by Gasteiger charge is -2.27. The van der Waals surface area contributed by atoms with Crippen LogP contribution in [0.4, 0.5) is 0 Å². The molecule has 1 amide bonds. The zero-order valence-corrected chi connectivity index (χ0v) is 10.6. The van der Waals surface area contributed by atoms with Gasteiger partial charge in [0.15, 0.2) is 5.78 Å². The molecule has 1 heterocycles. The molecule has 0 spiro atoms. The summed E-state index contributed by atoms with van der Waals surface area (Å²) in [7, 11) is 1.79. The number of hydrogen-bond donors (Lipinski definition) is 1. The number of hydrogen-bond acceptors (Lipinski definition) is 3. The number of Topliss-reactive ketones (excluding diaryl/α,β-unsaturated/α-hetero) is 1. The second-order valence-electron chi connectivity index (χ2n) is 4.92. The first-order valence-corrected chi connectivity index (χ1v) is 5.95. The van der Waals surface area contributed by atoms with E-state index in [1.165, 1.54) is 0 Å². The minimum atomic E-state index is -0.231. The van der Waals surface area contributed by atoms with E-state index in [2.05, 4.69) is 19.2 Å². The van der Waals surface area contributed by atoms with Crippen molar-refractivity contribution in [2.24, 2.45) is 5.92 Å². The van der Waals surface area contributed by atoms with E-state index in [0.717, 1.165) is 12.8 Å². The Hall–Kier alpha value is -0.900. The fourth-order valence-corrected chi connectivity index (χ4v) is 2.24. The standard InChI is InChI=1S/C12H22N2O2/c1-8(2)7-11(9(3)15)14-6-5-10(13-4)12(14)16/h8,10-11,13H,5-7H2,1-4H3/t10-,11-/m0/s1. The number of nitrogens with one attached hydrogen (secondary N) is 1. The smallest absolute Gasteiger partial charge is 0.240 e. The molecule has 0 aromatic carbocycles.